The van der Waals surface area contributed by atoms with E-state index in [0.29, 0.717) is 0 Å². The molecule has 1 N–H and O–H groups in total. The van der Waals surface area contributed by atoms with Crippen LogP contribution in [0, 0.1) is 0 Å². The third kappa shape index (κ3) is 2.02. The Hall–Kier alpha value is -1.34. The van der Waals surface area contributed by atoms with E-state index in [2.05, 4.69) is 6.08 Å². The maximum atomic E-state index is 10.5. The Morgan fingerprint density at radius 2 is 1.93 bits per heavy atom. The Morgan fingerprint density at radius 1 is 1.20 bits per heavy atom. The summed E-state index contributed by atoms with van der Waals surface area (Å²) in [6, 6.07) is 9.83. The predicted molar refractivity (Wildman–Crippen MR) is 62.5 cm³/mol. The molecule has 0 aliphatic heterocycles. The zero-order valence-electron chi connectivity index (χ0n) is 8.98. The summed E-state index contributed by atoms with van der Waals surface area (Å²) in [5.74, 6) is 0. The summed E-state index contributed by atoms with van der Waals surface area (Å²) in [7, 11) is 0. The molecule has 1 unspecified atom stereocenters. The number of hydrogen-bond acceptors (Lipinski definition) is 1. The Kier molecular flexibility index (Phi) is 2.74. The van der Waals surface area contributed by atoms with E-state index >= 15 is 0 Å². The van der Waals surface area contributed by atoms with Crippen LogP contribution in [0.5, 0.6) is 0 Å². The van der Waals surface area contributed by atoms with Crippen molar-refractivity contribution in [2.75, 3.05) is 0 Å². The van der Waals surface area contributed by atoms with Gasteiger partial charge in [0.2, 0.25) is 0 Å². The predicted octanol–water partition coefficient (Wildman–Crippen LogP) is 3.17. The molecule has 0 amide bonds. The molecule has 2 rings (SSSR count). The van der Waals surface area contributed by atoms with Crippen LogP contribution in [0.4, 0.5) is 0 Å². The molecule has 78 valence electrons. The van der Waals surface area contributed by atoms with Crippen LogP contribution in [0.25, 0.3) is 0 Å². The van der Waals surface area contributed by atoms with Gasteiger partial charge in [-0.3, -0.25) is 0 Å². The van der Waals surface area contributed by atoms with Gasteiger partial charge in [-0.2, -0.15) is 0 Å². The van der Waals surface area contributed by atoms with Gasteiger partial charge >= 0.3 is 0 Å². The number of benzene rings is 1. The van der Waals surface area contributed by atoms with E-state index in [1.807, 2.05) is 49.4 Å². The van der Waals surface area contributed by atoms with Crippen LogP contribution in [0.2, 0.25) is 0 Å². The van der Waals surface area contributed by atoms with E-state index < -0.39 is 5.60 Å². The van der Waals surface area contributed by atoms with E-state index in [-0.39, 0.29) is 0 Å². The molecule has 0 heterocycles. The number of aliphatic hydroxyl groups is 1. The third-order valence-electron chi connectivity index (χ3n) is 2.98. The SMILES string of the molecule is CC(O)(C1=CC=CCC1)c1ccccc1. The quantitative estimate of drug-likeness (QED) is 0.777. The van der Waals surface area contributed by atoms with Gasteiger partial charge in [0.25, 0.3) is 0 Å². The molecule has 1 nitrogen and oxygen atoms in total. The minimum Gasteiger partial charge on any atom is -0.381 e. The van der Waals surface area contributed by atoms with Crippen molar-refractivity contribution >= 4 is 0 Å². The molecule has 0 bridgehead atoms. The van der Waals surface area contributed by atoms with Crippen molar-refractivity contribution in [1.29, 1.82) is 0 Å². The van der Waals surface area contributed by atoms with E-state index in [4.69, 9.17) is 0 Å². The van der Waals surface area contributed by atoms with Gasteiger partial charge in [0.1, 0.15) is 5.60 Å². The highest BCUT2D eigenvalue weighted by atomic mass is 16.3. The van der Waals surface area contributed by atoms with Crippen LogP contribution < -0.4 is 0 Å². The third-order valence-corrected chi connectivity index (χ3v) is 2.98. The summed E-state index contributed by atoms with van der Waals surface area (Å²) < 4.78 is 0. The maximum absolute atomic E-state index is 10.5. The molecular formula is C14H16O. The largest absolute Gasteiger partial charge is 0.381 e. The van der Waals surface area contributed by atoms with Gasteiger partial charge in [-0.05, 0) is 30.9 Å². The van der Waals surface area contributed by atoms with Crippen molar-refractivity contribution < 1.29 is 5.11 Å². The van der Waals surface area contributed by atoms with Gasteiger partial charge in [-0.15, -0.1) is 0 Å². The second-order valence-corrected chi connectivity index (χ2v) is 4.10. The summed E-state index contributed by atoms with van der Waals surface area (Å²) in [4.78, 5) is 0. The molecule has 1 atom stereocenters. The highest BCUT2D eigenvalue weighted by molar-refractivity contribution is 5.35. The van der Waals surface area contributed by atoms with Crippen LogP contribution in [-0.4, -0.2) is 5.11 Å². The van der Waals surface area contributed by atoms with Crippen molar-refractivity contribution in [2.24, 2.45) is 0 Å². The van der Waals surface area contributed by atoms with Crippen LogP contribution in [0.3, 0.4) is 0 Å². The zero-order valence-corrected chi connectivity index (χ0v) is 8.98. The summed E-state index contributed by atoms with van der Waals surface area (Å²) in [5.41, 5.74) is 1.23. The molecule has 1 aliphatic rings. The summed E-state index contributed by atoms with van der Waals surface area (Å²) >= 11 is 0. The van der Waals surface area contributed by atoms with Gasteiger partial charge < -0.3 is 5.11 Å². The van der Waals surface area contributed by atoms with Gasteiger partial charge in [-0.1, -0.05) is 48.6 Å². The number of allylic oxidation sites excluding steroid dienone is 3. The molecule has 0 saturated carbocycles. The van der Waals surface area contributed by atoms with Crippen molar-refractivity contribution in [3.63, 3.8) is 0 Å². The molecule has 1 aliphatic carbocycles. The molecule has 1 heteroatoms. The Labute approximate surface area is 90.8 Å². The van der Waals surface area contributed by atoms with E-state index in [1.54, 1.807) is 0 Å². The van der Waals surface area contributed by atoms with Crippen molar-refractivity contribution in [1.82, 2.24) is 0 Å². The first-order valence-electron chi connectivity index (χ1n) is 5.35. The smallest absolute Gasteiger partial charge is 0.108 e. The fourth-order valence-electron chi connectivity index (χ4n) is 1.96. The van der Waals surface area contributed by atoms with Crippen LogP contribution >= 0.6 is 0 Å². The van der Waals surface area contributed by atoms with Crippen LogP contribution in [-0.2, 0) is 5.60 Å². The highest BCUT2D eigenvalue weighted by Crippen LogP contribution is 2.33. The Balaban J connectivity index is 2.34. The first kappa shape index (κ1) is 10.2. The van der Waals surface area contributed by atoms with Gasteiger partial charge in [-0.25, -0.2) is 0 Å². The molecular weight excluding hydrogens is 184 g/mol. The maximum Gasteiger partial charge on any atom is 0.108 e. The topological polar surface area (TPSA) is 20.2 Å². The second kappa shape index (κ2) is 4.03. The lowest BCUT2D eigenvalue weighted by Gasteiger charge is -2.28. The average Bonchev–Trinajstić information content (AvgIpc) is 2.31. The Bertz CT molecular complexity index is 385. The minimum absolute atomic E-state index is 0.827. The first-order valence-corrected chi connectivity index (χ1v) is 5.35. The lowest BCUT2D eigenvalue weighted by molar-refractivity contribution is 0.0934. The van der Waals surface area contributed by atoms with Gasteiger partial charge in [0, 0.05) is 0 Å². The molecule has 0 radical (unpaired) electrons. The van der Waals surface area contributed by atoms with Gasteiger partial charge in [0.15, 0.2) is 0 Å². The summed E-state index contributed by atoms with van der Waals surface area (Å²) in [5, 5.41) is 10.5. The molecule has 15 heavy (non-hydrogen) atoms. The van der Waals surface area contributed by atoms with E-state index in [1.165, 1.54) is 0 Å². The van der Waals surface area contributed by atoms with Gasteiger partial charge in [0.05, 0.1) is 0 Å². The first-order chi connectivity index (χ1) is 7.21. The zero-order chi connectivity index (χ0) is 10.7. The van der Waals surface area contributed by atoms with E-state index in [9.17, 15) is 5.11 Å². The minimum atomic E-state index is -0.827. The second-order valence-electron chi connectivity index (χ2n) is 4.10. The molecule has 0 saturated heterocycles. The lowest BCUT2D eigenvalue weighted by Crippen LogP contribution is -2.24. The summed E-state index contributed by atoms with van der Waals surface area (Å²) in [6.45, 7) is 1.87. The molecule has 0 spiro atoms. The highest BCUT2D eigenvalue weighted by Gasteiger charge is 2.27. The standard InChI is InChI=1S/C14H16O/c1-14(15,12-8-4-2-5-9-12)13-10-6-3-7-11-13/h2-6,8-10,15H,7,11H2,1H3. The molecule has 1 aromatic rings. The van der Waals surface area contributed by atoms with Crippen molar-refractivity contribution in [2.45, 2.75) is 25.4 Å². The lowest BCUT2D eigenvalue weighted by atomic mass is 9.84. The fraction of sp³-hybridized carbons (Fsp3) is 0.286. The Morgan fingerprint density at radius 3 is 2.53 bits per heavy atom. The van der Waals surface area contributed by atoms with Crippen molar-refractivity contribution in [3.8, 4) is 0 Å². The monoisotopic (exact) mass is 200 g/mol. The average molecular weight is 200 g/mol. The number of hydrogen-bond donors (Lipinski definition) is 1. The number of rotatable bonds is 2. The molecule has 0 fully saturated rings. The fourth-order valence-corrected chi connectivity index (χ4v) is 1.96. The summed E-state index contributed by atoms with van der Waals surface area (Å²) in [6.07, 6.45) is 8.14. The van der Waals surface area contributed by atoms with Crippen molar-refractivity contribution in [3.05, 3.63) is 59.7 Å². The molecule has 1 aromatic carbocycles. The van der Waals surface area contributed by atoms with Crippen LogP contribution in [0.1, 0.15) is 25.3 Å². The normalized spacial score (nSPS) is 19.5. The molecule has 0 aromatic heterocycles. The van der Waals surface area contributed by atoms with E-state index in [0.717, 1.165) is 24.0 Å². The van der Waals surface area contributed by atoms with Crippen LogP contribution in [0.15, 0.2) is 54.1 Å².